The van der Waals surface area contributed by atoms with E-state index in [4.69, 9.17) is 4.74 Å². The van der Waals surface area contributed by atoms with Crippen molar-refractivity contribution in [3.05, 3.63) is 27.5 Å². The van der Waals surface area contributed by atoms with Gasteiger partial charge in [0.05, 0.1) is 7.11 Å². The molecule has 2 aromatic rings. The molecule has 0 saturated heterocycles. The lowest BCUT2D eigenvalue weighted by Crippen LogP contribution is -1.80. The molecular formula is C10H9BrOS. The minimum absolute atomic E-state index is 0.948. The summed E-state index contributed by atoms with van der Waals surface area (Å²) in [5, 5.41) is 1.19. The van der Waals surface area contributed by atoms with E-state index in [2.05, 4.69) is 41.1 Å². The first-order valence-corrected chi connectivity index (χ1v) is 5.56. The van der Waals surface area contributed by atoms with Gasteiger partial charge < -0.3 is 4.74 Å². The van der Waals surface area contributed by atoms with Crippen LogP contribution in [-0.2, 0) is 0 Å². The van der Waals surface area contributed by atoms with Crippen molar-refractivity contribution < 1.29 is 4.74 Å². The first-order chi connectivity index (χ1) is 6.24. The molecule has 0 spiro atoms. The number of benzene rings is 1. The second kappa shape index (κ2) is 3.31. The topological polar surface area (TPSA) is 9.23 Å². The number of hydrogen-bond donors (Lipinski definition) is 0. The number of halogens is 1. The quantitative estimate of drug-likeness (QED) is 0.750. The van der Waals surface area contributed by atoms with Gasteiger partial charge in [0.2, 0.25) is 0 Å². The van der Waals surface area contributed by atoms with Crippen LogP contribution in [0, 0.1) is 6.92 Å². The number of thiophene rings is 1. The Labute approximate surface area is 89.5 Å². The molecule has 0 aliphatic carbocycles. The lowest BCUT2D eigenvalue weighted by Gasteiger charge is -1.98. The van der Waals surface area contributed by atoms with Crippen LogP contribution in [0.3, 0.4) is 0 Å². The number of fused-ring (bicyclic) bond motifs is 1. The van der Waals surface area contributed by atoms with E-state index in [-0.39, 0.29) is 0 Å². The summed E-state index contributed by atoms with van der Waals surface area (Å²) in [6.07, 6.45) is 0. The molecule has 2 rings (SSSR count). The summed E-state index contributed by atoms with van der Waals surface area (Å²) in [5.41, 5.74) is 1.30. The summed E-state index contributed by atoms with van der Waals surface area (Å²) >= 11 is 5.22. The number of rotatable bonds is 1. The minimum atomic E-state index is 0.948. The monoisotopic (exact) mass is 256 g/mol. The maximum atomic E-state index is 5.32. The Balaban J connectivity index is 2.86. The highest BCUT2D eigenvalue weighted by Crippen LogP contribution is 2.42. The van der Waals surface area contributed by atoms with Gasteiger partial charge in [0.1, 0.15) is 3.79 Å². The van der Waals surface area contributed by atoms with Crippen LogP contribution in [0.2, 0.25) is 0 Å². The predicted octanol–water partition coefficient (Wildman–Crippen LogP) is 3.98. The molecule has 0 unspecified atom stereocenters. The fourth-order valence-electron chi connectivity index (χ4n) is 1.40. The number of aryl methyl sites for hydroxylation is 1. The summed E-state index contributed by atoms with van der Waals surface area (Å²) in [6.45, 7) is 2.12. The molecule has 0 amide bonds. The maximum absolute atomic E-state index is 5.32. The SMILES string of the molecule is COc1c(Br)sc2c(C)cccc12. The smallest absolute Gasteiger partial charge is 0.151 e. The molecule has 0 bridgehead atoms. The van der Waals surface area contributed by atoms with Gasteiger partial charge in [-0.15, -0.1) is 11.3 Å². The van der Waals surface area contributed by atoms with Crippen molar-refractivity contribution >= 4 is 37.4 Å². The maximum Gasteiger partial charge on any atom is 0.151 e. The van der Waals surface area contributed by atoms with Crippen molar-refractivity contribution in [3.8, 4) is 5.75 Å². The van der Waals surface area contributed by atoms with Crippen LogP contribution in [0.25, 0.3) is 10.1 Å². The molecule has 0 radical (unpaired) electrons. The molecular weight excluding hydrogens is 248 g/mol. The van der Waals surface area contributed by atoms with E-state index in [1.165, 1.54) is 15.6 Å². The Morgan fingerprint density at radius 1 is 1.38 bits per heavy atom. The number of ether oxygens (including phenoxy) is 1. The minimum Gasteiger partial charge on any atom is -0.494 e. The Bertz CT molecular complexity index is 447. The third-order valence-corrected chi connectivity index (χ3v) is 3.99. The summed E-state index contributed by atoms with van der Waals surface area (Å²) in [7, 11) is 1.70. The molecule has 1 aromatic carbocycles. The Morgan fingerprint density at radius 2 is 2.15 bits per heavy atom. The van der Waals surface area contributed by atoms with Crippen molar-refractivity contribution in [2.45, 2.75) is 6.92 Å². The Kier molecular flexibility index (Phi) is 2.30. The van der Waals surface area contributed by atoms with Crippen LogP contribution in [0.5, 0.6) is 5.75 Å². The van der Waals surface area contributed by atoms with Crippen LogP contribution in [-0.4, -0.2) is 7.11 Å². The molecule has 68 valence electrons. The van der Waals surface area contributed by atoms with Crippen molar-refractivity contribution in [2.24, 2.45) is 0 Å². The summed E-state index contributed by atoms with van der Waals surface area (Å²) in [6, 6.07) is 6.26. The molecule has 0 aliphatic heterocycles. The first kappa shape index (κ1) is 9.03. The van der Waals surface area contributed by atoms with Gasteiger partial charge in [-0.05, 0) is 34.5 Å². The molecule has 0 fully saturated rings. The largest absolute Gasteiger partial charge is 0.494 e. The van der Waals surface area contributed by atoms with Gasteiger partial charge in [-0.3, -0.25) is 0 Å². The van der Waals surface area contributed by atoms with Crippen LogP contribution < -0.4 is 4.74 Å². The summed E-state index contributed by atoms with van der Waals surface area (Å²) < 4.78 is 7.68. The molecule has 0 atom stereocenters. The van der Waals surface area contributed by atoms with Gasteiger partial charge in [0.25, 0.3) is 0 Å². The highest BCUT2D eigenvalue weighted by atomic mass is 79.9. The standard InChI is InChI=1S/C10H9BrOS/c1-6-4-3-5-7-8(12-2)10(11)13-9(6)7/h3-5H,1-2H3. The molecule has 0 aliphatic rings. The second-order valence-corrected chi connectivity index (χ2v) is 5.20. The zero-order valence-corrected chi connectivity index (χ0v) is 9.83. The van der Waals surface area contributed by atoms with E-state index in [0.29, 0.717) is 0 Å². The van der Waals surface area contributed by atoms with Crippen molar-refractivity contribution in [3.63, 3.8) is 0 Å². The highest BCUT2D eigenvalue weighted by molar-refractivity contribution is 9.11. The highest BCUT2D eigenvalue weighted by Gasteiger charge is 2.10. The van der Waals surface area contributed by atoms with E-state index in [1.807, 2.05) is 0 Å². The second-order valence-electron chi connectivity index (χ2n) is 2.86. The zero-order valence-electron chi connectivity index (χ0n) is 7.43. The fourth-order valence-corrected chi connectivity index (χ4v) is 3.22. The molecule has 13 heavy (non-hydrogen) atoms. The van der Waals surface area contributed by atoms with Gasteiger partial charge in [-0.1, -0.05) is 12.1 Å². The summed E-state index contributed by atoms with van der Waals surface area (Å²) in [5.74, 6) is 0.948. The number of methoxy groups -OCH3 is 1. The number of hydrogen-bond acceptors (Lipinski definition) is 2. The normalized spacial score (nSPS) is 10.7. The molecule has 1 heterocycles. The van der Waals surface area contributed by atoms with Gasteiger partial charge in [-0.25, -0.2) is 0 Å². The Morgan fingerprint density at radius 3 is 2.85 bits per heavy atom. The predicted molar refractivity (Wildman–Crippen MR) is 60.8 cm³/mol. The van der Waals surface area contributed by atoms with Crippen LogP contribution in [0.4, 0.5) is 0 Å². The first-order valence-electron chi connectivity index (χ1n) is 3.95. The molecule has 0 saturated carbocycles. The van der Waals surface area contributed by atoms with Crippen molar-refractivity contribution in [1.29, 1.82) is 0 Å². The third kappa shape index (κ3) is 1.36. The third-order valence-electron chi connectivity index (χ3n) is 2.03. The van der Waals surface area contributed by atoms with Gasteiger partial charge in [-0.2, -0.15) is 0 Å². The van der Waals surface area contributed by atoms with E-state index >= 15 is 0 Å². The lowest BCUT2D eigenvalue weighted by molar-refractivity contribution is 0.419. The average Bonchev–Trinajstić information content (AvgIpc) is 2.43. The zero-order chi connectivity index (χ0) is 9.42. The van der Waals surface area contributed by atoms with Crippen molar-refractivity contribution in [2.75, 3.05) is 7.11 Å². The van der Waals surface area contributed by atoms with Crippen LogP contribution in [0.15, 0.2) is 22.0 Å². The molecule has 0 N–H and O–H groups in total. The van der Waals surface area contributed by atoms with Crippen LogP contribution >= 0.6 is 27.3 Å². The van der Waals surface area contributed by atoms with Gasteiger partial charge >= 0.3 is 0 Å². The van der Waals surface area contributed by atoms with E-state index in [0.717, 1.165) is 9.54 Å². The molecule has 1 aromatic heterocycles. The van der Waals surface area contributed by atoms with E-state index in [9.17, 15) is 0 Å². The summed E-state index contributed by atoms with van der Waals surface area (Å²) in [4.78, 5) is 0. The van der Waals surface area contributed by atoms with E-state index in [1.54, 1.807) is 18.4 Å². The molecule has 1 nitrogen and oxygen atoms in total. The lowest BCUT2D eigenvalue weighted by atomic mass is 10.2. The fraction of sp³-hybridized carbons (Fsp3) is 0.200. The van der Waals surface area contributed by atoms with E-state index < -0.39 is 0 Å². The Hall–Kier alpha value is -0.540. The van der Waals surface area contributed by atoms with Crippen LogP contribution in [0.1, 0.15) is 5.56 Å². The van der Waals surface area contributed by atoms with Crippen molar-refractivity contribution in [1.82, 2.24) is 0 Å². The average molecular weight is 257 g/mol. The van der Waals surface area contributed by atoms with Gasteiger partial charge in [0.15, 0.2) is 5.75 Å². The molecule has 3 heteroatoms. The van der Waals surface area contributed by atoms with Gasteiger partial charge in [0, 0.05) is 10.1 Å².